The van der Waals surface area contributed by atoms with E-state index in [1.54, 1.807) is 11.3 Å². The number of nitrogens with zero attached hydrogens (tertiary/aromatic N) is 1. The number of thiophene rings is 1. The van der Waals surface area contributed by atoms with Crippen LogP contribution in [0.4, 0.5) is 0 Å². The summed E-state index contributed by atoms with van der Waals surface area (Å²) in [6.45, 7) is 1.98. The Bertz CT molecular complexity index is 1350. The van der Waals surface area contributed by atoms with E-state index in [1.807, 2.05) is 0 Å². The molecular weight excluding hydrogens is 376 g/mol. The Morgan fingerprint density at radius 1 is 0.931 bits per heavy atom. The van der Waals surface area contributed by atoms with Gasteiger partial charge in [0.1, 0.15) is 5.69 Å². The Hall–Kier alpha value is -3.15. The zero-order valence-corrected chi connectivity index (χ0v) is 16.6. The van der Waals surface area contributed by atoms with Gasteiger partial charge in [0.05, 0.1) is 11.2 Å². The van der Waals surface area contributed by atoms with E-state index in [1.165, 1.54) is 27.6 Å². The lowest BCUT2D eigenvalue weighted by Crippen LogP contribution is -2.19. The van der Waals surface area contributed by atoms with Gasteiger partial charge in [-0.25, -0.2) is 0 Å². The average molecular weight is 397 g/mol. The second kappa shape index (κ2) is 6.72. The van der Waals surface area contributed by atoms with Crippen LogP contribution in [-0.4, -0.2) is 28.3 Å². The molecule has 142 valence electrons. The van der Waals surface area contributed by atoms with Crippen LogP contribution in [0.1, 0.15) is 12.0 Å². The molecule has 3 aromatic heterocycles. The van der Waals surface area contributed by atoms with Crippen molar-refractivity contribution in [2.24, 2.45) is 0 Å². The van der Waals surface area contributed by atoms with Crippen LogP contribution in [0.5, 0.6) is 0 Å². The first-order chi connectivity index (χ1) is 14.4. The fourth-order valence-corrected chi connectivity index (χ4v) is 4.91. The second-order valence-corrected chi connectivity index (χ2v) is 8.26. The first-order valence-corrected chi connectivity index (χ1v) is 10.8. The maximum atomic E-state index is 4.65. The highest BCUT2D eigenvalue weighted by Crippen LogP contribution is 2.35. The molecule has 0 atom stereocenters. The maximum absolute atomic E-state index is 4.65. The van der Waals surface area contributed by atoms with Crippen molar-refractivity contribution in [3.63, 3.8) is 0 Å². The van der Waals surface area contributed by atoms with Crippen LogP contribution in [0.2, 0.25) is 0 Å². The van der Waals surface area contributed by atoms with E-state index in [0.29, 0.717) is 0 Å². The Kier molecular flexibility index (Phi) is 3.89. The van der Waals surface area contributed by atoms with Crippen molar-refractivity contribution in [1.29, 1.82) is 0 Å². The molecule has 0 bridgehead atoms. The number of rotatable bonds is 3. The molecule has 4 nitrogen and oxygen atoms in total. The minimum atomic E-state index is 0.943. The van der Waals surface area contributed by atoms with Gasteiger partial charge in [-0.3, -0.25) is 5.10 Å². The van der Waals surface area contributed by atoms with Crippen molar-refractivity contribution in [3.05, 3.63) is 70.9 Å². The van der Waals surface area contributed by atoms with Gasteiger partial charge in [-0.15, -0.1) is 0 Å². The third-order valence-electron chi connectivity index (χ3n) is 5.75. The summed E-state index contributed by atoms with van der Waals surface area (Å²) >= 11 is 1.73. The largest absolute Gasteiger partial charge is 0.353 e. The van der Waals surface area contributed by atoms with E-state index in [-0.39, 0.29) is 0 Å². The average Bonchev–Trinajstić information content (AvgIpc) is 3.52. The standard InChI is InChI=1S/C24H20N4S/c1-2-18(17-8-11-29-14-17)19-13-23(26-21(19)3-1)24-20-12-16(4-5-22(20)27-28-24)15-6-9-25-10-7-15/h1-6,8,11-14,25-26H,7,9-10H2,(H,27,28). The fraction of sp³-hybridized carbons (Fsp3) is 0.125. The molecule has 0 fully saturated rings. The number of H-pyrrole nitrogens is 2. The van der Waals surface area contributed by atoms with Gasteiger partial charge in [-0.05, 0) is 76.3 Å². The molecule has 6 rings (SSSR count). The van der Waals surface area contributed by atoms with Gasteiger partial charge in [-0.2, -0.15) is 16.4 Å². The van der Waals surface area contributed by atoms with Crippen molar-refractivity contribution in [2.45, 2.75) is 6.42 Å². The van der Waals surface area contributed by atoms with Gasteiger partial charge >= 0.3 is 0 Å². The quantitative estimate of drug-likeness (QED) is 0.360. The highest BCUT2D eigenvalue weighted by molar-refractivity contribution is 7.08. The molecule has 0 radical (unpaired) electrons. The Morgan fingerprint density at radius 3 is 2.79 bits per heavy atom. The van der Waals surface area contributed by atoms with Crippen LogP contribution in [0.25, 0.3) is 49.9 Å². The summed E-state index contributed by atoms with van der Waals surface area (Å²) in [5, 5.41) is 18.0. The van der Waals surface area contributed by atoms with Crippen LogP contribution < -0.4 is 5.32 Å². The molecule has 3 N–H and O–H groups in total. The molecule has 0 saturated heterocycles. The zero-order valence-electron chi connectivity index (χ0n) is 15.8. The molecule has 2 aromatic carbocycles. The van der Waals surface area contributed by atoms with Crippen LogP contribution in [0, 0.1) is 0 Å². The number of fused-ring (bicyclic) bond motifs is 2. The number of hydrogen-bond acceptors (Lipinski definition) is 3. The van der Waals surface area contributed by atoms with Crippen molar-refractivity contribution in [3.8, 4) is 22.5 Å². The highest BCUT2D eigenvalue weighted by atomic mass is 32.1. The molecule has 0 unspecified atom stereocenters. The van der Waals surface area contributed by atoms with E-state index < -0.39 is 0 Å². The van der Waals surface area contributed by atoms with Gasteiger partial charge in [0.2, 0.25) is 0 Å². The van der Waals surface area contributed by atoms with Crippen LogP contribution >= 0.6 is 11.3 Å². The smallest absolute Gasteiger partial charge is 0.116 e. The van der Waals surface area contributed by atoms with Crippen LogP contribution in [-0.2, 0) is 0 Å². The lowest BCUT2D eigenvalue weighted by molar-refractivity contribution is 0.739. The number of aromatic amines is 2. The summed E-state index contributed by atoms with van der Waals surface area (Å²) in [7, 11) is 0. The Labute approximate surface area is 172 Å². The summed E-state index contributed by atoms with van der Waals surface area (Å²) in [5.74, 6) is 0. The van der Waals surface area contributed by atoms with Gasteiger partial charge in [0, 0.05) is 22.8 Å². The summed E-state index contributed by atoms with van der Waals surface area (Å²) in [6.07, 6.45) is 3.36. The predicted molar refractivity (Wildman–Crippen MR) is 122 cm³/mol. The minimum Gasteiger partial charge on any atom is -0.353 e. The van der Waals surface area contributed by atoms with Crippen LogP contribution in [0.15, 0.2) is 65.4 Å². The maximum Gasteiger partial charge on any atom is 0.116 e. The molecule has 4 heterocycles. The molecular formula is C24H20N4S. The third kappa shape index (κ3) is 2.82. The lowest BCUT2D eigenvalue weighted by atomic mass is 9.98. The van der Waals surface area contributed by atoms with E-state index in [2.05, 4.69) is 85.9 Å². The normalized spacial score (nSPS) is 14.6. The molecule has 1 aliphatic rings. The Balaban J connectivity index is 1.50. The second-order valence-electron chi connectivity index (χ2n) is 7.48. The Morgan fingerprint density at radius 2 is 1.93 bits per heavy atom. The molecule has 5 aromatic rings. The topological polar surface area (TPSA) is 56.5 Å². The monoisotopic (exact) mass is 396 g/mol. The number of benzene rings is 2. The van der Waals surface area contributed by atoms with Gasteiger partial charge in [-0.1, -0.05) is 24.3 Å². The predicted octanol–water partition coefficient (Wildman–Crippen LogP) is 5.82. The lowest BCUT2D eigenvalue weighted by Gasteiger charge is -2.14. The first-order valence-electron chi connectivity index (χ1n) is 9.90. The minimum absolute atomic E-state index is 0.943. The van der Waals surface area contributed by atoms with Crippen molar-refractivity contribution >= 4 is 38.7 Å². The van der Waals surface area contributed by atoms with E-state index in [4.69, 9.17) is 0 Å². The van der Waals surface area contributed by atoms with Gasteiger partial charge < -0.3 is 10.3 Å². The van der Waals surface area contributed by atoms with Gasteiger partial charge in [0.15, 0.2) is 0 Å². The molecule has 0 spiro atoms. The molecule has 29 heavy (non-hydrogen) atoms. The summed E-state index contributed by atoms with van der Waals surface area (Å²) in [4.78, 5) is 3.59. The SMILES string of the molecule is C1=C(c2ccc3[nH]nc(-c4cc5c(-c6ccsc6)cccc5[nH]4)c3c2)CCNC1. The third-order valence-corrected chi connectivity index (χ3v) is 6.43. The van der Waals surface area contributed by atoms with Gasteiger partial charge in [0.25, 0.3) is 0 Å². The molecule has 0 saturated carbocycles. The van der Waals surface area contributed by atoms with Crippen molar-refractivity contribution in [2.75, 3.05) is 13.1 Å². The van der Waals surface area contributed by atoms with Crippen molar-refractivity contribution < 1.29 is 0 Å². The number of nitrogens with one attached hydrogen (secondary N) is 3. The summed E-state index contributed by atoms with van der Waals surface area (Å²) in [6, 6.07) is 17.5. The molecule has 1 aliphatic heterocycles. The fourth-order valence-electron chi connectivity index (χ4n) is 4.26. The molecule has 0 aliphatic carbocycles. The number of hydrogen-bond donors (Lipinski definition) is 3. The zero-order chi connectivity index (χ0) is 19.2. The van der Waals surface area contributed by atoms with E-state index >= 15 is 0 Å². The van der Waals surface area contributed by atoms with E-state index in [9.17, 15) is 0 Å². The summed E-state index contributed by atoms with van der Waals surface area (Å²) in [5.41, 5.74) is 9.44. The van der Waals surface area contributed by atoms with Crippen molar-refractivity contribution in [1.82, 2.24) is 20.5 Å². The number of aromatic nitrogens is 3. The van der Waals surface area contributed by atoms with Crippen LogP contribution in [0.3, 0.4) is 0 Å². The highest BCUT2D eigenvalue weighted by Gasteiger charge is 2.15. The molecule has 5 heteroatoms. The summed E-state index contributed by atoms with van der Waals surface area (Å²) < 4.78 is 0. The first kappa shape index (κ1) is 16.8. The molecule has 0 amide bonds. The van der Waals surface area contributed by atoms with E-state index in [0.717, 1.165) is 47.3 Å².